The van der Waals surface area contributed by atoms with Crippen LogP contribution in [0.15, 0.2) is 128 Å². The normalized spacial score (nSPS) is 11.7. The summed E-state index contributed by atoms with van der Waals surface area (Å²) < 4.78 is 11.2. The van der Waals surface area contributed by atoms with Gasteiger partial charge in [-0.15, -0.1) is 12.1 Å². The van der Waals surface area contributed by atoms with Gasteiger partial charge in [-0.2, -0.15) is 0 Å². The Hall–Kier alpha value is -6.62. The molecule has 0 aliphatic carbocycles. The van der Waals surface area contributed by atoms with E-state index in [0.29, 0.717) is 11.5 Å². The Balaban J connectivity index is 0.00000433. The van der Waals surface area contributed by atoms with Gasteiger partial charge in [0.25, 0.3) is 0 Å². The zero-order valence-corrected chi connectivity index (χ0v) is 36.4. The van der Waals surface area contributed by atoms with E-state index in [-0.39, 0.29) is 21.1 Å². The number of hydrogen-bond acceptors (Lipinski definition) is 4. The third-order valence-electron chi connectivity index (χ3n) is 12.1. The zero-order valence-electron chi connectivity index (χ0n) is 34.1. The molecule has 0 aliphatic heterocycles. The van der Waals surface area contributed by atoms with Crippen LogP contribution in [0.3, 0.4) is 0 Å². The molecular weight excluding hydrogens is 918 g/mol. The molecule has 11 aromatic rings. The molecule has 5 heterocycles. The molecule has 7 heteroatoms. The van der Waals surface area contributed by atoms with E-state index >= 15 is 0 Å². The molecule has 0 spiro atoms. The summed E-state index contributed by atoms with van der Waals surface area (Å²) in [4.78, 5) is 15.0. The van der Waals surface area contributed by atoms with Crippen molar-refractivity contribution in [2.75, 3.05) is 0 Å². The summed E-state index contributed by atoms with van der Waals surface area (Å²) in [6, 6.07) is 45.7. The number of imidazole rings is 2. The molecule has 0 atom stereocenters. The second-order valence-corrected chi connectivity index (χ2v) is 15.8. The standard InChI is InChI=1S/C53H39N5O.Pt/c1-30-11-7-12-31(2)48(30)36-18-21-41-39-22-19-37(26-43(39)52-55-28-46(57(52)45(41)25-36)49-32(3)13-8-14-33(49)4)59-38-20-23-40-42-17-10-24-54-51(42)58-47(29-56-53(58)44(40)27-38)50-34(5)15-9-16-35(50)6;/h7-25,28-29H,1-6H3;/q-2;+2. The maximum Gasteiger partial charge on any atom is 2.00 e. The van der Waals surface area contributed by atoms with Gasteiger partial charge in [0, 0.05) is 46.7 Å². The minimum absolute atomic E-state index is 0. The summed E-state index contributed by atoms with van der Waals surface area (Å²) in [7, 11) is 0. The third kappa shape index (κ3) is 5.69. The van der Waals surface area contributed by atoms with Gasteiger partial charge in [-0.1, -0.05) is 119 Å². The fourth-order valence-electron chi connectivity index (χ4n) is 9.45. The minimum atomic E-state index is 0. The molecule has 0 N–H and O–H groups in total. The predicted octanol–water partition coefficient (Wildman–Crippen LogP) is 13.2. The fourth-order valence-corrected chi connectivity index (χ4v) is 9.45. The number of aromatic nitrogens is 5. The van der Waals surface area contributed by atoms with Gasteiger partial charge in [0.1, 0.15) is 5.65 Å². The first kappa shape index (κ1) is 37.6. The van der Waals surface area contributed by atoms with Crippen LogP contribution in [0.4, 0.5) is 0 Å². The van der Waals surface area contributed by atoms with Crippen molar-refractivity contribution in [2.24, 2.45) is 0 Å². The van der Waals surface area contributed by atoms with E-state index in [1.807, 2.05) is 36.8 Å². The minimum Gasteiger partial charge on any atom is -0.497 e. The monoisotopic (exact) mass is 956 g/mol. The van der Waals surface area contributed by atoms with Crippen LogP contribution < -0.4 is 4.74 Å². The van der Waals surface area contributed by atoms with Gasteiger partial charge >= 0.3 is 21.1 Å². The van der Waals surface area contributed by atoms with Crippen molar-refractivity contribution in [1.82, 2.24) is 23.8 Å². The van der Waals surface area contributed by atoms with Crippen molar-refractivity contribution in [2.45, 2.75) is 41.5 Å². The summed E-state index contributed by atoms with van der Waals surface area (Å²) >= 11 is 0. The Morgan fingerprint density at radius 1 is 0.450 bits per heavy atom. The van der Waals surface area contributed by atoms with Gasteiger partial charge in [-0.05, 0) is 109 Å². The molecule has 6 nitrogen and oxygen atoms in total. The first-order valence-corrected chi connectivity index (χ1v) is 20.0. The largest absolute Gasteiger partial charge is 2.00 e. The van der Waals surface area contributed by atoms with Gasteiger partial charge in [0.2, 0.25) is 0 Å². The van der Waals surface area contributed by atoms with Crippen LogP contribution in [-0.4, -0.2) is 23.8 Å². The van der Waals surface area contributed by atoms with Crippen molar-refractivity contribution in [3.8, 4) is 45.1 Å². The Kier molecular flexibility index (Phi) is 8.96. The molecule has 5 aromatic heterocycles. The molecular formula is C53H39N5OPt. The molecule has 0 fully saturated rings. The molecule has 0 aliphatic rings. The van der Waals surface area contributed by atoms with E-state index in [2.05, 4.69) is 153 Å². The molecule has 0 unspecified atom stereocenters. The first-order chi connectivity index (χ1) is 28.7. The van der Waals surface area contributed by atoms with Crippen molar-refractivity contribution < 1.29 is 25.8 Å². The summed E-state index contributed by atoms with van der Waals surface area (Å²) in [5.74, 6) is 1.15. The molecule has 6 aromatic carbocycles. The van der Waals surface area contributed by atoms with E-state index in [0.717, 1.165) is 71.7 Å². The summed E-state index contributed by atoms with van der Waals surface area (Å²) in [6.07, 6.45) is 5.80. The summed E-state index contributed by atoms with van der Waals surface area (Å²) in [5.41, 5.74) is 17.7. The van der Waals surface area contributed by atoms with E-state index in [9.17, 15) is 0 Å². The van der Waals surface area contributed by atoms with E-state index in [1.54, 1.807) is 0 Å². The van der Waals surface area contributed by atoms with Crippen LogP contribution in [-0.2, 0) is 21.1 Å². The number of rotatable bonds is 5. The fraction of sp³-hybridized carbons (Fsp3) is 0.113. The SMILES string of the molecule is Cc1cccc(C)c1-c1ccc2c3ccc(Oc4[c-]c5c(cc4)c4cccnc4n4c(-c6c(C)cccc6C)cnc54)[c-]c3c3ncc(-c4c(C)cccc4C)n3c2c1.[Pt+2]. The van der Waals surface area contributed by atoms with Crippen LogP contribution in [0.5, 0.6) is 11.5 Å². The number of nitrogens with zero attached hydrogens (tertiary/aromatic N) is 5. The van der Waals surface area contributed by atoms with Crippen LogP contribution in [0, 0.1) is 53.7 Å². The second kappa shape index (κ2) is 14.3. The molecule has 292 valence electrons. The van der Waals surface area contributed by atoms with Crippen LogP contribution in [0.1, 0.15) is 33.4 Å². The average Bonchev–Trinajstić information content (AvgIpc) is 3.87. The van der Waals surface area contributed by atoms with Crippen LogP contribution in [0.25, 0.3) is 88.4 Å². The Morgan fingerprint density at radius 2 is 0.933 bits per heavy atom. The van der Waals surface area contributed by atoms with Gasteiger partial charge in [0.05, 0.1) is 22.7 Å². The molecule has 11 rings (SSSR count). The zero-order chi connectivity index (χ0) is 40.1. The summed E-state index contributed by atoms with van der Waals surface area (Å²) in [5, 5.41) is 5.97. The van der Waals surface area contributed by atoms with Gasteiger partial charge in [0.15, 0.2) is 0 Å². The number of aryl methyl sites for hydroxylation is 6. The summed E-state index contributed by atoms with van der Waals surface area (Å²) in [6.45, 7) is 13.0. The molecule has 0 radical (unpaired) electrons. The van der Waals surface area contributed by atoms with Crippen LogP contribution >= 0.6 is 0 Å². The van der Waals surface area contributed by atoms with Gasteiger partial charge in [-0.25, -0.2) is 4.98 Å². The average molecular weight is 957 g/mol. The number of pyridine rings is 3. The Bertz CT molecular complexity index is 3500. The third-order valence-corrected chi connectivity index (χ3v) is 12.1. The second-order valence-electron chi connectivity index (χ2n) is 15.8. The molecule has 0 saturated heterocycles. The topological polar surface area (TPSA) is 56.7 Å². The van der Waals surface area contributed by atoms with E-state index in [4.69, 9.17) is 19.7 Å². The predicted molar refractivity (Wildman–Crippen MR) is 241 cm³/mol. The van der Waals surface area contributed by atoms with Crippen molar-refractivity contribution in [3.05, 3.63) is 173 Å². The van der Waals surface area contributed by atoms with Gasteiger partial charge in [-0.3, -0.25) is 9.97 Å². The van der Waals surface area contributed by atoms with Crippen molar-refractivity contribution in [1.29, 1.82) is 0 Å². The maximum absolute atomic E-state index is 6.68. The van der Waals surface area contributed by atoms with Crippen molar-refractivity contribution >= 4 is 54.8 Å². The Labute approximate surface area is 362 Å². The van der Waals surface area contributed by atoms with E-state index in [1.165, 1.54) is 50.1 Å². The van der Waals surface area contributed by atoms with Gasteiger partial charge < -0.3 is 13.5 Å². The number of hydrogen-bond donors (Lipinski definition) is 0. The Morgan fingerprint density at radius 3 is 1.50 bits per heavy atom. The van der Waals surface area contributed by atoms with Crippen LogP contribution in [0.2, 0.25) is 0 Å². The number of fused-ring (bicyclic) bond motifs is 12. The number of benzene rings is 6. The first-order valence-electron chi connectivity index (χ1n) is 20.0. The van der Waals surface area contributed by atoms with E-state index < -0.39 is 0 Å². The molecule has 0 bridgehead atoms. The maximum atomic E-state index is 6.68. The molecule has 0 amide bonds. The molecule has 60 heavy (non-hydrogen) atoms. The number of ether oxygens (including phenoxy) is 1. The molecule has 0 saturated carbocycles. The smallest absolute Gasteiger partial charge is 0.497 e. The van der Waals surface area contributed by atoms with Crippen molar-refractivity contribution in [3.63, 3.8) is 0 Å². The quantitative estimate of drug-likeness (QED) is 0.127.